The average molecular weight is 728 g/mol. The van der Waals surface area contributed by atoms with Gasteiger partial charge in [0, 0.05) is 78.2 Å². The minimum atomic E-state index is -1.02. The Bertz CT molecular complexity index is 2310. The van der Waals surface area contributed by atoms with Crippen LogP contribution in [0.25, 0.3) is 32.8 Å². The summed E-state index contributed by atoms with van der Waals surface area (Å²) in [7, 11) is 5.51. The molecule has 0 saturated carbocycles. The van der Waals surface area contributed by atoms with Gasteiger partial charge >= 0.3 is 5.97 Å². The van der Waals surface area contributed by atoms with Gasteiger partial charge in [-0.1, -0.05) is 17.7 Å². The number of nitrogens with zero attached hydrogens (tertiary/aromatic N) is 5. The van der Waals surface area contributed by atoms with E-state index >= 15 is 0 Å². The Morgan fingerprint density at radius 2 is 1.88 bits per heavy atom. The number of fused-ring (bicyclic) bond motifs is 8. The van der Waals surface area contributed by atoms with Crippen molar-refractivity contribution in [2.75, 3.05) is 20.3 Å². The Balaban J connectivity index is 1.39. The smallest absolute Gasteiger partial charge is 0.352 e. The first-order chi connectivity index (χ1) is 25.0. The fourth-order valence-corrected chi connectivity index (χ4v) is 7.86. The van der Waals surface area contributed by atoms with Crippen LogP contribution in [0.4, 0.5) is 4.39 Å². The molecule has 0 radical (unpaired) electrons. The molecule has 0 fully saturated rings. The molecule has 1 unspecified atom stereocenters. The van der Waals surface area contributed by atoms with Crippen LogP contribution in [0.5, 0.6) is 5.75 Å². The summed E-state index contributed by atoms with van der Waals surface area (Å²) in [6.45, 7) is 5.36. The second-order valence-electron chi connectivity index (χ2n) is 13.6. The van der Waals surface area contributed by atoms with E-state index in [0.717, 1.165) is 67.6 Å². The summed E-state index contributed by atoms with van der Waals surface area (Å²) in [4.78, 5) is 12.9. The van der Waals surface area contributed by atoms with Crippen molar-refractivity contribution < 1.29 is 28.5 Å². The zero-order valence-corrected chi connectivity index (χ0v) is 30.9. The van der Waals surface area contributed by atoms with Crippen molar-refractivity contribution in [1.82, 2.24) is 24.1 Å². The Morgan fingerprint density at radius 1 is 1.06 bits per heavy atom. The van der Waals surface area contributed by atoms with Gasteiger partial charge in [-0.05, 0) is 105 Å². The maximum absolute atomic E-state index is 14.4. The molecule has 7 rings (SSSR count). The lowest BCUT2D eigenvalue weighted by molar-refractivity contribution is 0.0232. The number of hydrogen-bond acceptors (Lipinski definition) is 6. The summed E-state index contributed by atoms with van der Waals surface area (Å²) >= 11 is 7.09. The average Bonchev–Trinajstić information content (AvgIpc) is 3.72. The maximum Gasteiger partial charge on any atom is 0.352 e. The van der Waals surface area contributed by atoms with E-state index in [2.05, 4.69) is 6.07 Å². The molecular formula is C40H43ClFN5O5. The predicted octanol–water partition coefficient (Wildman–Crippen LogP) is 8.29. The summed E-state index contributed by atoms with van der Waals surface area (Å²) in [5, 5.41) is 23.2. The van der Waals surface area contributed by atoms with E-state index in [-0.39, 0.29) is 18.1 Å². The quantitative estimate of drug-likeness (QED) is 0.178. The van der Waals surface area contributed by atoms with Crippen LogP contribution in [0.3, 0.4) is 0 Å². The van der Waals surface area contributed by atoms with E-state index < -0.39 is 12.1 Å². The number of halogens is 2. The molecule has 8 bridgehead atoms. The molecule has 1 aliphatic heterocycles. The van der Waals surface area contributed by atoms with Gasteiger partial charge < -0.3 is 23.9 Å². The van der Waals surface area contributed by atoms with Gasteiger partial charge in [-0.25, -0.2) is 9.18 Å². The molecule has 272 valence electrons. The van der Waals surface area contributed by atoms with E-state index in [9.17, 15) is 14.3 Å². The Kier molecular flexibility index (Phi) is 10.1. The number of carboxylic acid groups (broad SMARTS) is 1. The number of benzene rings is 3. The SMILES string of the molecule is COCCCC1OCc2cc(n(C)n2)CCc2cc(c3ccc(F)cc3c2)OCCCn2c(C(=O)O)c(C)c3c(c(Cl)ccc32)-c2c1nn(C)c2C. The van der Waals surface area contributed by atoms with E-state index in [4.69, 9.17) is 36.0 Å². The van der Waals surface area contributed by atoms with Crippen molar-refractivity contribution in [2.45, 2.75) is 65.2 Å². The number of hydrogen-bond donors (Lipinski definition) is 1. The number of aromatic carboxylic acids is 1. The number of aromatic nitrogens is 5. The third-order valence-electron chi connectivity index (χ3n) is 10.2. The van der Waals surface area contributed by atoms with Crippen molar-refractivity contribution >= 4 is 39.2 Å². The second kappa shape index (κ2) is 14.7. The fourth-order valence-electron chi connectivity index (χ4n) is 7.61. The molecule has 6 aromatic rings. The summed E-state index contributed by atoms with van der Waals surface area (Å²) in [5.41, 5.74) is 7.60. The lowest BCUT2D eigenvalue weighted by Gasteiger charge is -2.19. The highest BCUT2D eigenvalue weighted by atomic mass is 35.5. The minimum Gasteiger partial charge on any atom is -0.493 e. The van der Waals surface area contributed by atoms with Gasteiger partial charge in [-0.2, -0.15) is 10.2 Å². The van der Waals surface area contributed by atoms with Crippen molar-refractivity contribution in [1.29, 1.82) is 0 Å². The Labute approximate surface area is 306 Å². The molecule has 3 aromatic heterocycles. The number of carbonyl (C=O) groups is 1. The van der Waals surface area contributed by atoms with Gasteiger partial charge in [0.25, 0.3) is 0 Å². The lowest BCUT2D eigenvalue weighted by Crippen LogP contribution is -2.12. The monoisotopic (exact) mass is 727 g/mol. The van der Waals surface area contributed by atoms with Gasteiger partial charge in [0.1, 0.15) is 23.4 Å². The highest BCUT2D eigenvalue weighted by Gasteiger charge is 2.30. The van der Waals surface area contributed by atoms with Crippen LogP contribution < -0.4 is 4.74 Å². The summed E-state index contributed by atoms with van der Waals surface area (Å²) < 4.78 is 38.4. The molecule has 0 saturated heterocycles. The zero-order chi connectivity index (χ0) is 36.7. The Hall–Kier alpha value is -4.71. The molecule has 1 atom stereocenters. The van der Waals surface area contributed by atoms with Gasteiger partial charge in [0.15, 0.2) is 0 Å². The van der Waals surface area contributed by atoms with Crippen LogP contribution in [0.1, 0.15) is 69.8 Å². The number of ether oxygens (including phenoxy) is 3. The third-order valence-corrected chi connectivity index (χ3v) is 10.5. The number of aryl methyl sites for hydroxylation is 6. The van der Waals surface area contributed by atoms with Gasteiger partial charge in [-0.3, -0.25) is 9.36 Å². The van der Waals surface area contributed by atoms with Crippen molar-refractivity contribution in [3.8, 4) is 16.9 Å². The van der Waals surface area contributed by atoms with Crippen LogP contribution in [0.2, 0.25) is 5.02 Å². The first-order valence-corrected chi connectivity index (χ1v) is 18.0. The molecule has 1 aliphatic rings. The fraction of sp³-hybridized carbons (Fsp3) is 0.375. The van der Waals surface area contributed by atoms with E-state index in [1.165, 1.54) is 12.1 Å². The molecule has 3 aromatic carbocycles. The number of methoxy groups -OCH3 is 1. The van der Waals surface area contributed by atoms with Gasteiger partial charge in [0.05, 0.1) is 24.6 Å². The molecule has 1 N–H and O–H groups in total. The van der Waals surface area contributed by atoms with Crippen molar-refractivity contribution in [2.24, 2.45) is 14.1 Å². The van der Waals surface area contributed by atoms with E-state index in [0.29, 0.717) is 61.8 Å². The van der Waals surface area contributed by atoms with Crippen LogP contribution in [0.15, 0.2) is 48.5 Å². The van der Waals surface area contributed by atoms with Crippen molar-refractivity contribution in [3.05, 3.63) is 99.0 Å². The molecule has 52 heavy (non-hydrogen) atoms. The molecule has 0 spiro atoms. The highest BCUT2D eigenvalue weighted by Crippen LogP contribution is 2.45. The Morgan fingerprint density at radius 3 is 2.67 bits per heavy atom. The predicted molar refractivity (Wildman–Crippen MR) is 199 cm³/mol. The molecule has 0 aliphatic carbocycles. The van der Waals surface area contributed by atoms with Gasteiger partial charge in [-0.15, -0.1) is 0 Å². The lowest BCUT2D eigenvalue weighted by atomic mass is 9.94. The molecule has 4 heterocycles. The first-order valence-electron chi connectivity index (χ1n) is 17.6. The molecule has 12 heteroatoms. The van der Waals surface area contributed by atoms with Crippen LogP contribution in [0, 0.1) is 19.7 Å². The minimum absolute atomic E-state index is 0.200. The molecule has 0 amide bonds. The normalized spacial score (nSPS) is 15.5. The summed E-state index contributed by atoms with van der Waals surface area (Å²) in [5.74, 6) is -0.670. The highest BCUT2D eigenvalue weighted by molar-refractivity contribution is 6.35. The maximum atomic E-state index is 14.4. The topological polar surface area (TPSA) is 106 Å². The molecule has 10 nitrogen and oxygen atoms in total. The standard InChI is InChI=1S/C40H43ClFN5O5/c1-23-35-32-14-13-31(41)37(35)36-24(2)45(3)44-38(36)33(8-6-16-50-5)52-22-28-21-29(46(4)43-28)11-9-25-18-26-20-27(42)10-12-30(26)34(19-25)51-17-7-15-47(32)39(23)40(48)49/h10,12-14,18-21,33H,6-9,11,15-17,22H2,1-5H3,(H,48,49). The van der Waals surface area contributed by atoms with E-state index in [1.54, 1.807) is 13.2 Å². The zero-order valence-electron chi connectivity index (χ0n) is 30.1. The van der Waals surface area contributed by atoms with Crippen LogP contribution in [-0.4, -0.2) is 55.5 Å². The van der Waals surface area contributed by atoms with Crippen LogP contribution in [-0.2, 0) is 49.6 Å². The number of rotatable bonds is 5. The van der Waals surface area contributed by atoms with Crippen LogP contribution >= 0.6 is 11.6 Å². The molecular weight excluding hydrogens is 685 g/mol. The van der Waals surface area contributed by atoms with Gasteiger partial charge in [0.2, 0.25) is 0 Å². The first kappa shape index (κ1) is 35.7. The summed E-state index contributed by atoms with van der Waals surface area (Å²) in [6.07, 6.45) is 2.87. The largest absolute Gasteiger partial charge is 0.493 e. The summed E-state index contributed by atoms with van der Waals surface area (Å²) in [6, 6.07) is 14.5. The van der Waals surface area contributed by atoms with Crippen molar-refractivity contribution in [3.63, 3.8) is 0 Å². The number of carboxylic acids is 1. The third kappa shape index (κ3) is 6.68. The van der Waals surface area contributed by atoms with E-state index in [1.807, 2.05) is 66.1 Å². The second-order valence-corrected chi connectivity index (χ2v) is 14.0.